The molecule has 40 heavy (non-hydrogen) atoms. The van der Waals surface area contributed by atoms with Crippen LogP contribution in [0, 0.1) is 9.20 Å². The predicted octanol–water partition coefficient (Wildman–Crippen LogP) is 4.45. The van der Waals surface area contributed by atoms with E-state index in [9.17, 15) is 9.59 Å². The number of anilines is 1. The van der Waals surface area contributed by atoms with Gasteiger partial charge in [-0.15, -0.1) is 22.7 Å². The van der Waals surface area contributed by atoms with Crippen molar-refractivity contribution in [3.63, 3.8) is 0 Å². The third-order valence-corrected chi connectivity index (χ3v) is 11.1. The lowest BCUT2D eigenvalue weighted by Gasteiger charge is -2.16. The van der Waals surface area contributed by atoms with Crippen LogP contribution in [-0.2, 0) is 19.6 Å². The van der Waals surface area contributed by atoms with Crippen LogP contribution in [0.25, 0.3) is 22.0 Å². The summed E-state index contributed by atoms with van der Waals surface area (Å²) in [5, 5.41) is 2.14. The van der Waals surface area contributed by atoms with Crippen molar-refractivity contribution in [2.75, 3.05) is 11.4 Å². The molecule has 6 nitrogen and oxygen atoms in total. The van der Waals surface area contributed by atoms with Crippen LogP contribution >= 0.6 is 34.4 Å². The fourth-order valence-electron chi connectivity index (χ4n) is 5.37. The molecule has 9 heteroatoms. The highest BCUT2D eigenvalue weighted by molar-refractivity contribution is 8.08. The van der Waals surface area contributed by atoms with Crippen molar-refractivity contribution in [2.45, 2.75) is 52.2 Å². The molecular formula is C31H31N4O2S3+. The number of pyridine rings is 1. The van der Waals surface area contributed by atoms with Gasteiger partial charge in [0.15, 0.2) is 0 Å². The van der Waals surface area contributed by atoms with Crippen LogP contribution in [-0.4, -0.2) is 15.7 Å². The molecule has 5 aromatic rings. The number of benzene rings is 2. The number of thioether (sulfide) groups is 1. The standard InChI is InChI=1S/C31H31N4O2S3/c1-5-32-21(18-17-20-13-9-10-14-22(20)32)19-25-34(7-3)28(36)26(39-25)31-35(8-4)29(37)27(40-31)30-33(6-2)23-15-11-12-16-24(23)38-30/h9-19H,5-8H2,1-4H3/q+1/b30-27-,31-26-. The van der Waals surface area contributed by atoms with E-state index >= 15 is 0 Å². The van der Waals surface area contributed by atoms with Gasteiger partial charge in [0.2, 0.25) is 11.2 Å². The Morgan fingerprint density at radius 1 is 0.775 bits per heavy atom. The van der Waals surface area contributed by atoms with E-state index < -0.39 is 0 Å². The number of fused-ring (bicyclic) bond motifs is 2. The lowest BCUT2D eigenvalue weighted by molar-refractivity contribution is -0.669. The van der Waals surface area contributed by atoms with Crippen molar-refractivity contribution in [3.8, 4) is 0 Å². The van der Waals surface area contributed by atoms with E-state index in [4.69, 9.17) is 0 Å². The molecular weight excluding hydrogens is 557 g/mol. The average molecular weight is 588 g/mol. The highest BCUT2D eigenvalue weighted by atomic mass is 32.2. The van der Waals surface area contributed by atoms with Crippen LogP contribution in [0.15, 0.2) is 75.1 Å². The van der Waals surface area contributed by atoms with E-state index in [0.29, 0.717) is 22.2 Å². The van der Waals surface area contributed by atoms with E-state index in [1.165, 1.54) is 28.1 Å². The lowest BCUT2D eigenvalue weighted by Crippen LogP contribution is -2.37. The number of aryl methyl sites for hydroxylation is 1. The second kappa shape index (κ2) is 10.9. The third kappa shape index (κ3) is 4.27. The Hall–Kier alpha value is -3.40. The summed E-state index contributed by atoms with van der Waals surface area (Å²) in [6.45, 7) is 10.9. The smallest absolute Gasteiger partial charge is 0.272 e. The molecule has 204 valence electrons. The van der Waals surface area contributed by atoms with E-state index in [1.54, 1.807) is 16.3 Å². The van der Waals surface area contributed by atoms with Gasteiger partial charge >= 0.3 is 0 Å². The van der Waals surface area contributed by atoms with Gasteiger partial charge in [0, 0.05) is 48.1 Å². The molecule has 0 aliphatic carbocycles. The summed E-state index contributed by atoms with van der Waals surface area (Å²) in [4.78, 5) is 30.9. The third-order valence-electron chi connectivity index (χ3n) is 7.30. The SMILES string of the molecule is CCN1/C(=c2/s/c(=c3\s/c(=C\c4ccc5ccccc5[n+]4CC)n(CC)c3=O)n(CC)c2=O)Sc2ccccc21. The summed E-state index contributed by atoms with van der Waals surface area (Å²) >= 11 is 4.55. The Kier molecular flexibility index (Phi) is 7.29. The first-order valence-electron chi connectivity index (χ1n) is 13.7. The molecule has 0 spiro atoms. The predicted molar refractivity (Wildman–Crippen MR) is 168 cm³/mol. The fraction of sp³-hybridized carbons (Fsp3) is 0.258. The Balaban J connectivity index is 1.65. The van der Waals surface area contributed by atoms with Crippen LogP contribution in [0.5, 0.6) is 0 Å². The molecule has 0 saturated heterocycles. The molecule has 0 amide bonds. The number of hydrogen-bond acceptors (Lipinski definition) is 6. The Morgan fingerprint density at radius 3 is 2.25 bits per heavy atom. The highest BCUT2D eigenvalue weighted by Crippen LogP contribution is 2.45. The van der Waals surface area contributed by atoms with E-state index in [0.717, 1.165) is 49.2 Å². The zero-order chi connectivity index (χ0) is 28.0. The number of nitrogens with zero attached hydrogens (tertiary/aromatic N) is 4. The second-order valence-electron chi connectivity index (χ2n) is 9.43. The molecule has 0 unspecified atom stereocenters. The van der Waals surface area contributed by atoms with E-state index in [1.807, 2.05) is 30.5 Å². The molecule has 1 aliphatic heterocycles. The molecule has 0 N–H and O–H groups in total. The normalized spacial score (nSPS) is 15.8. The van der Waals surface area contributed by atoms with Crippen LogP contribution in [0.1, 0.15) is 33.4 Å². The van der Waals surface area contributed by atoms with Gasteiger partial charge in [-0.25, -0.2) is 0 Å². The van der Waals surface area contributed by atoms with Crippen molar-refractivity contribution < 1.29 is 4.57 Å². The average Bonchev–Trinajstić information content (AvgIpc) is 3.62. The number of thiazole rings is 2. The van der Waals surface area contributed by atoms with Gasteiger partial charge < -0.3 is 4.90 Å². The zero-order valence-corrected chi connectivity index (χ0v) is 25.5. The first kappa shape index (κ1) is 26.8. The molecule has 6 rings (SSSR count). The number of para-hydroxylation sites is 2. The summed E-state index contributed by atoms with van der Waals surface area (Å²) in [5.74, 6) is 0. The van der Waals surface area contributed by atoms with Crippen LogP contribution in [0.4, 0.5) is 5.69 Å². The molecule has 0 radical (unpaired) electrons. The van der Waals surface area contributed by atoms with E-state index in [2.05, 4.69) is 77.9 Å². The topological polar surface area (TPSA) is 51.1 Å². The summed E-state index contributed by atoms with van der Waals surface area (Å²) in [5.41, 5.74) is 3.26. The molecule has 0 saturated carbocycles. The molecule has 2 aromatic carbocycles. The fourth-order valence-corrected chi connectivity index (χ4v) is 9.22. The van der Waals surface area contributed by atoms with Gasteiger partial charge in [-0.2, -0.15) is 4.57 Å². The van der Waals surface area contributed by atoms with Crippen molar-refractivity contribution in [3.05, 3.63) is 105 Å². The van der Waals surface area contributed by atoms with Gasteiger partial charge in [0.25, 0.3) is 11.1 Å². The van der Waals surface area contributed by atoms with Gasteiger partial charge in [-0.3, -0.25) is 18.7 Å². The quantitative estimate of drug-likeness (QED) is 0.285. The minimum absolute atomic E-state index is 0.0315. The lowest BCUT2D eigenvalue weighted by atomic mass is 10.2. The van der Waals surface area contributed by atoms with Crippen molar-refractivity contribution in [1.82, 2.24) is 9.13 Å². The molecule has 0 bridgehead atoms. The number of aromatic nitrogens is 3. The van der Waals surface area contributed by atoms with Crippen LogP contribution in [0.2, 0.25) is 0 Å². The Labute approximate surface area is 244 Å². The van der Waals surface area contributed by atoms with E-state index in [-0.39, 0.29) is 11.1 Å². The Morgan fingerprint density at radius 2 is 1.50 bits per heavy atom. The first-order valence-corrected chi connectivity index (χ1v) is 16.1. The first-order chi connectivity index (χ1) is 19.5. The summed E-state index contributed by atoms with van der Waals surface area (Å²) < 4.78 is 8.80. The summed E-state index contributed by atoms with van der Waals surface area (Å²) in [6.07, 6.45) is 2.11. The van der Waals surface area contributed by atoms with Gasteiger partial charge in [0.05, 0.1) is 5.69 Å². The highest BCUT2D eigenvalue weighted by Gasteiger charge is 2.26. The minimum Gasteiger partial charge on any atom is -0.334 e. The second-order valence-corrected chi connectivity index (χ2v) is 12.5. The molecule has 3 aromatic heterocycles. The van der Waals surface area contributed by atoms with Gasteiger partial charge in [-0.1, -0.05) is 36.0 Å². The number of hydrogen-bond donors (Lipinski definition) is 0. The maximum atomic E-state index is 13.8. The number of rotatable bonds is 5. The Bertz CT molecular complexity index is 2100. The molecule has 0 atom stereocenters. The van der Waals surface area contributed by atoms with Crippen molar-refractivity contribution in [2.24, 2.45) is 0 Å². The summed E-state index contributed by atoms with van der Waals surface area (Å²) in [6, 6.07) is 20.9. The molecule has 0 fully saturated rings. The monoisotopic (exact) mass is 587 g/mol. The van der Waals surface area contributed by atoms with Gasteiger partial charge in [0.1, 0.15) is 30.0 Å². The summed E-state index contributed by atoms with van der Waals surface area (Å²) in [7, 11) is 0. The molecule has 1 aliphatic rings. The zero-order valence-electron chi connectivity index (χ0n) is 23.0. The van der Waals surface area contributed by atoms with Gasteiger partial charge in [-0.05, 0) is 52.0 Å². The van der Waals surface area contributed by atoms with Crippen molar-refractivity contribution >= 4 is 62.1 Å². The molecule has 4 heterocycles. The largest absolute Gasteiger partial charge is 0.334 e. The maximum absolute atomic E-state index is 13.8. The minimum atomic E-state index is -0.0442. The van der Waals surface area contributed by atoms with Crippen LogP contribution in [0.3, 0.4) is 0 Å². The van der Waals surface area contributed by atoms with Crippen LogP contribution < -0.4 is 29.8 Å². The maximum Gasteiger partial charge on any atom is 0.272 e. The van der Waals surface area contributed by atoms with Crippen molar-refractivity contribution in [1.29, 1.82) is 0 Å².